The monoisotopic (exact) mass is 247 g/mol. The molecule has 4 heteroatoms. The molecule has 1 aliphatic carbocycles. The number of nitrogens with one attached hydrogen (secondary N) is 2. The predicted octanol–water partition coefficient (Wildman–Crippen LogP) is 2.23. The number of amides is 1. The first-order valence-electron chi connectivity index (χ1n) is 6.53. The third-order valence-corrected chi connectivity index (χ3v) is 3.47. The van der Waals surface area contributed by atoms with Crippen LogP contribution in [0.15, 0.2) is 18.2 Å². The lowest BCUT2D eigenvalue weighted by molar-refractivity contribution is 0.0963. The lowest BCUT2D eigenvalue weighted by Gasteiger charge is -2.10. The Bertz CT molecular complexity index is 445. The molecule has 2 atom stereocenters. The quantitative estimate of drug-likeness (QED) is 0.699. The maximum absolute atomic E-state index is 11.6. The smallest absolute Gasteiger partial charge is 0.251 e. The fraction of sp³-hybridized carbons (Fsp3) is 0.500. The van der Waals surface area contributed by atoms with Crippen LogP contribution in [-0.2, 0) is 0 Å². The van der Waals surface area contributed by atoms with Gasteiger partial charge in [-0.3, -0.25) is 4.79 Å². The number of carbonyl (C=O) groups excluding carboxylic acids is 1. The third-order valence-electron chi connectivity index (χ3n) is 3.47. The third kappa shape index (κ3) is 2.75. The average Bonchev–Trinajstić information content (AvgIpc) is 3.09. The van der Waals surface area contributed by atoms with Gasteiger partial charge in [0.05, 0.1) is 11.4 Å². The average molecular weight is 247 g/mol. The number of rotatable bonds is 5. The van der Waals surface area contributed by atoms with Gasteiger partial charge >= 0.3 is 0 Å². The van der Waals surface area contributed by atoms with Crippen LogP contribution in [0.4, 0.5) is 11.4 Å². The van der Waals surface area contributed by atoms with Crippen LogP contribution in [0.3, 0.4) is 0 Å². The number of benzene rings is 1. The van der Waals surface area contributed by atoms with Crippen LogP contribution in [0.5, 0.6) is 0 Å². The molecule has 1 fully saturated rings. The van der Waals surface area contributed by atoms with Crippen molar-refractivity contribution in [2.24, 2.45) is 5.92 Å². The van der Waals surface area contributed by atoms with E-state index in [0.717, 1.165) is 11.6 Å². The van der Waals surface area contributed by atoms with E-state index in [1.54, 1.807) is 19.2 Å². The van der Waals surface area contributed by atoms with Gasteiger partial charge in [0.2, 0.25) is 0 Å². The highest BCUT2D eigenvalue weighted by Crippen LogP contribution is 2.38. The minimum atomic E-state index is -0.0843. The van der Waals surface area contributed by atoms with E-state index in [1.807, 2.05) is 6.07 Å². The van der Waals surface area contributed by atoms with E-state index in [4.69, 9.17) is 5.73 Å². The van der Waals surface area contributed by atoms with Crippen LogP contribution in [0.2, 0.25) is 0 Å². The van der Waals surface area contributed by atoms with Crippen LogP contribution in [0, 0.1) is 5.92 Å². The van der Waals surface area contributed by atoms with Gasteiger partial charge in [-0.2, -0.15) is 0 Å². The first kappa shape index (κ1) is 12.7. The van der Waals surface area contributed by atoms with E-state index in [0.29, 0.717) is 17.3 Å². The molecule has 1 aromatic carbocycles. The van der Waals surface area contributed by atoms with Crippen LogP contribution in [0.25, 0.3) is 0 Å². The van der Waals surface area contributed by atoms with Crippen molar-refractivity contribution in [3.63, 3.8) is 0 Å². The molecule has 4 N–H and O–H groups in total. The van der Waals surface area contributed by atoms with Crippen molar-refractivity contribution < 1.29 is 4.79 Å². The molecule has 0 bridgehead atoms. The topological polar surface area (TPSA) is 67.2 Å². The van der Waals surface area contributed by atoms with E-state index in [1.165, 1.54) is 19.3 Å². The van der Waals surface area contributed by atoms with Gasteiger partial charge in [0, 0.05) is 18.7 Å². The maximum atomic E-state index is 11.6. The van der Waals surface area contributed by atoms with Crippen LogP contribution in [0.1, 0.15) is 36.5 Å². The summed E-state index contributed by atoms with van der Waals surface area (Å²) < 4.78 is 0. The summed E-state index contributed by atoms with van der Waals surface area (Å²) in [7, 11) is 1.63. The SMILES string of the molecule is CCCC1CC1Nc1cc(C(=O)NC)ccc1N. The summed E-state index contributed by atoms with van der Waals surface area (Å²) in [6, 6.07) is 5.88. The summed E-state index contributed by atoms with van der Waals surface area (Å²) >= 11 is 0. The van der Waals surface area contributed by atoms with Crippen LogP contribution >= 0.6 is 0 Å². The summed E-state index contributed by atoms with van der Waals surface area (Å²) in [6.45, 7) is 2.20. The molecule has 0 saturated heterocycles. The first-order valence-corrected chi connectivity index (χ1v) is 6.53. The fourth-order valence-electron chi connectivity index (χ4n) is 2.28. The standard InChI is InChI=1S/C14H21N3O/c1-3-4-9-7-12(9)17-13-8-10(14(18)16-2)5-6-11(13)15/h5-6,8-9,12,17H,3-4,7,15H2,1-2H3,(H,16,18). The Morgan fingerprint density at radius 3 is 2.94 bits per heavy atom. The highest BCUT2D eigenvalue weighted by atomic mass is 16.1. The molecular formula is C14H21N3O. The molecule has 1 saturated carbocycles. The van der Waals surface area contributed by atoms with Crippen LogP contribution < -0.4 is 16.4 Å². The Morgan fingerprint density at radius 1 is 1.50 bits per heavy atom. The summed E-state index contributed by atoms with van der Waals surface area (Å²) in [5.41, 5.74) is 8.15. The van der Waals surface area contributed by atoms with Gasteiger partial charge in [-0.15, -0.1) is 0 Å². The van der Waals surface area contributed by atoms with Gasteiger partial charge in [0.15, 0.2) is 0 Å². The molecule has 18 heavy (non-hydrogen) atoms. The summed E-state index contributed by atoms with van der Waals surface area (Å²) in [4.78, 5) is 11.6. The maximum Gasteiger partial charge on any atom is 0.251 e. The zero-order chi connectivity index (χ0) is 13.1. The molecule has 0 heterocycles. The van der Waals surface area contributed by atoms with Crippen molar-refractivity contribution in [2.75, 3.05) is 18.1 Å². The molecule has 0 radical (unpaired) electrons. The van der Waals surface area contributed by atoms with E-state index in [2.05, 4.69) is 17.6 Å². The number of carbonyl (C=O) groups is 1. The molecule has 0 spiro atoms. The summed E-state index contributed by atoms with van der Waals surface area (Å²) in [6.07, 6.45) is 3.68. The number of nitrogen functional groups attached to an aromatic ring is 1. The molecule has 2 unspecified atom stereocenters. The minimum Gasteiger partial charge on any atom is -0.397 e. The second-order valence-electron chi connectivity index (χ2n) is 4.92. The van der Waals surface area contributed by atoms with E-state index in [9.17, 15) is 4.79 Å². The molecule has 2 rings (SSSR count). The van der Waals surface area contributed by atoms with Gasteiger partial charge in [0.25, 0.3) is 5.91 Å². The Labute approximate surface area is 108 Å². The first-order chi connectivity index (χ1) is 8.65. The lowest BCUT2D eigenvalue weighted by Crippen LogP contribution is -2.18. The second kappa shape index (κ2) is 5.29. The minimum absolute atomic E-state index is 0.0843. The summed E-state index contributed by atoms with van der Waals surface area (Å²) in [5, 5.41) is 6.05. The van der Waals surface area contributed by atoms with Gasteiger partial charge in [-0.05, 0) is 37.0 Å². The van der Waals surface area contributed by atoms with Gasteiger partial charge in [0.1, 0.15) is 0 Å². The predicted molar refractivity (Wildman–Crippen MR) is 74.7 cm³/mol. The van der Waals surface area contributed by atoms with Gasteiger partial charge < -0.3 is 16.4 Å². The molecule has 1 amide bonds. The van der Waals surface area contributed by atoms with Crippen LogP contribution in [-0.4, -0.2) is 19.0 Å². The largest absolute Gasteiger partial charge is 0.397 e. The van der Waals surface area contributed by atoms with E-state index < -0.39 is 0 Å². The lowest BCUT2D eigenvalue weighted by atomic mass is 10.1. The number of anilines is 2. The number of nitrogens with two attached hydrogens (primary N) is 1. The van der Waals surface area contributed by atoms with Crippen molar-refractivity contribution >= 4 is 17.3 Å². The van der Waals surface area contributed by atoms with Crippen molar-refractivity contribution in [1.29, 1.82) is 0 Å². The van der Waals surface area contributed by atoms with Crippen molar-refractivity contribution in [2.45, 2.75) is 32.2 Å². The zero-order valence-corrected chi connectivity index (χ0v) is 11.0. The highest BCUT2D eigenvalue weighted by Gasteiger charge is 2.36. The van der Waals surface area contributed by atoms with Crippen molar-refractivity contribution in [1.82, 2.24) is 5.32 Å². The highest BCUT2D eigenvalue weighted by molar-refractivity contribution is 5.96. The Morgan fingerprint density at radius 2 is 2.28 bits per heavy atom. The number of hydrogen-bond acceptors (Lipinski definition) is 3. The second-order valence-corrected chi connectivity index (χ2v) is 4.92. The van der Waals surface area contributed by atoms with Gasteiger partial charge in [-0.1, -0.05) is 13.3 Å². The zero-order valence-electron chi connectivity index (χ0n) is 11.0. The van der Waals surface area contributed by atoms with Gasteiger partial charge in [-0.25, -0.2) is 0 Å². The van der Waals surface area contributed by atoms with E-state index >= 15 is 0 Å². The Hall–Kier alpha value is -1.71. The number of hydrogen-bond donors (Lipinski definition) is 3. The molecule has 0 aliphatic heterocycles. The molecule has 4 nitrogen and oxygen atoms in total. The fourth-order valence-corrected chi connectivity index (χ4v) is 2.28. The summed E-state index contributed by atoms with van der Waals surface area (Å²) in [5.74, 6) is 0.678. The Balaban J connectivity index is 2.06. The Kier molecular flexibility index (Phi) is 3.75. The van der Waals surface area contributed by atoms with E-state index in [-0.39, 0.29) is 5.91 Å². The molecular weight excluding hydrogens is 226 g/mol. The molecule has 0 aromatic heterocycles. The van der Waals surface area contributed by atoms with Crippen molar-refractivity contribution in [3.05, 3.63) is 23.8 Å². The normalized spacial score (nSPS) is 21.4. The molecule has 98 valence electrons. The molecule has 1 aliphatic rings. The molecule has 1 aromatic rings. The van der Waals surface area contributed by atoms with Crippen molar-refractivity contribution in [3.8, 4) is 0 Å².